The van der Waals surface area contributed by atoms with Crippen molar-refractivity contribution in [2.24, 2.45) is 0 Å². The van der Waals surface area contributed by atoms with Gasteiger partial charge in [-0.05, 0) is 6.92 Å². The van der Waals surface area contributed by atoms with Crippen molar-refractivity contribution in [1.82, 2.24) is 24.2 Å². The quantitative estimate of drug-likeness (QED) is 0.868. The molecule has 2 aromatic rings. The Kier molecular flexibility index (Phi) is 4.31. The molecule has 3 rings (SSSR count). The zero-order valence-corrected chi connectivity index (χ0v) is 14.2. The summed E-state index contributed by atoms with van der Waals surface area (Å²) in [6.45, 7) is 4.70. The molecule has 2 aromatic heterocycles. The van der Waals surface area contributed by atoms with Gasteiger partial charge in [-0.2, -0.15) is 0 Å². The topological polar surface area (TPSA) is 80.1 Å². The molecule has 0 unspecified atom stereocenters. The van der Waals surface area contributed by atoms with Crippen molar-refractivity contribution < 1.29 is 8.42 Å². The second-order valence-corrected chi connectivity index (χ2v) is 8.49. The molecule has 0 bridgehead atoms. The van der Waals surface area contributed by atoms with E-state index in [1.807, 2.05) is 13.1 Å². The summed E-state index contributed by atoms with van der Waals surface area (Å²) in [4.78, 5) is 11.0. The van der Waals surface area contributed by atoms with Gasteiger partial charge in [-0.3, -0.25) is 4.90 Å². The molecule has 9 heteroatoms. The predicted octanol–water partition coefficient (Wildman–Crippen LogP) is 0.754. The molecule has 3 heterocycles. The maximum atomic E-state index is 11.3. The number of hydrogen-bond donors (Lipinski definition) is 1. The number of nitrogens with one attached hydrogen (secondary N) is 1. The van der Waals surface area contributed by atoms with Gasteiger partial charge >= 0.3 is 0 Å². The van der Waals surface area contributed by atoms with E-state index < -0.39 is 10.0 Å². The standard InChI is InChI=1S/C13H19N5O2S2/c1-10-16-11(8-21-10)5-17-6-12-3-14-9-18(12)13(7-17)4-15-22(2,19)20/h3,8-9,13,15H,4-7H2,1-2H3/t13-/m1/s1. The lowest BCUT2D eigenvalue weighted by atomic mass is 10.2. The van der Waals surface area contributed by atoms with Gasteiger partial charge in [0.1, 0.15) is 0 Å². The molecule has 120 valence electrons. The molecule has 1 N–H and O–H groups in total. The van der Waals surface area contributed by atoms with Crippen LogP contribution in [-0.4, -0.2) is 47.2 Å². The van der Waals surface area contributed by atoms with Crippen LogP contribution in [0.1, 0.15) is 22.4 Å². The van der Waals surface area contributed by atoms with Gasteiger partial charge < -0.3 is 4.57 Å². The zero-order valence-electron chi connectivity index (χ0n) is 12.6. The minimum atomic E-state index is -3.20. The van der Waals surface area contributed by atoms with Crippen LogP contribution in [0.15, 0.2) is 17.9 Å². The first-order valence-corrected chi connectivity index (χ1v) is 9.76. The van der Waals surface area contributed by atoms with Crippen LogP contribution < -0.4 is 4.72 Å². The molecule has 0 aromatic carbocycles. The second kappa shape index (κ2) is 6.07. The van der Waals surface area contributed by atoms with Gasteiger partial charge in [0.2, 0.25) is 10.0 Å². The van der Waals surface area contributed by atoms with Crippen LogP contribution in [0.5, 0.6) is 0 Å². The molecular formula is C13H19N5O2S2. The zero-order chi connectivity index (χ0) is 15.7. The lowest BCUT2D eigenvalue weighted by Crippen LogP contribution is -2.41. The summed E-state index contributed by atoms with van der Waals surface area (Å²) in [5.74, 6) is 0. The summed E-state index contributed by atoms with van der Waals surface area (Å²) in [5, 5.41) is 3.14. The van der Waals surface area contributed by atoms with E-state index in [1.54, 1.807) is 17.7 Å². The summed E-state index contributed by atoms with van der Waals surface area (Å²) in [6, 6.07) is 0.0423. The van der Waals surface area contributed by atoms with Gasteiger partial charge in [0.15, 0.2) is 0 Å². The van der Waals surface area contributed by atoms with Crippen molar-refractivity contribution in [3.8, 4) is 0 Å². The summed E-state index contributed by atoms with van der Waals surface area (Å²) in [6.07, 6.45) is 4.79. The predicted molar refractivity (Wildman–Crippen MR) is 85.1 cm³/mol. The van der Waals surface area contributed by atoms with Gasteiger partial charge in [0, 0.05) is 37.8 Å². The van der Waals surface area contributed by atoms with E-state index in [-0.39, 0.29) is 6.04 Å². The van der Waals surface area contributed by atoms with Crippen LogP contribution in [0, 0.1) is 6.92 Å². The summed E-state index contributed by atoms with van der Waals surface area (Å²) in [5.41, 5.74) is 2.16. The molecule has 0 radical (unpaired) electrons. The number of aromatic nitrogens is 3. The average molecular weight is 341 g/mol. The highest BCUT2D eigenvalue weighted by molar-refractivity contribution is 7.88. The summed E-state index contributed by atoms with van der Waals surface area (Å²) < 4.78 is 27.3. The Hall–Kier alpha value is -1.29. The largest absolute Gasteiger partial charge is 0.328 e. The van der Waals surface area contributed by atoms with E-state index in [9.17, 15) is 8.42 Å². The Balaban J connectivity index is 1.73. The van der Waals surface area contributed by atoms with E-state index in [1.165, 1.54) is 6.26 Å². The fraction of sp³-hybridized carbons (Fsp3) is 0.538. The third-order valence-electron chi connectivity index (χ3n) is 3.63. The number of nitrogens with zero attached hydrogens (tertiary/aromatic N) is 4. The van der Waals surface area contributed by atoms with Crippen LogP contribution in [0.2, 0.25) is 0 Å². The highest BCUT2D eigenvalue weighted by Gasteiger charge is 2.26. The normalized spacial score (nSPS) is 19.3. The number of imidazole rings is 1. The van der Waals surface area contributed by atoms with Crippen molar-refractivity contribution in [2.75, 3.05) is 19.3 Å². The van der Waals surface area contributed by atoms with Crippen LogP contribution in [0.3, 0.4) is 0 Å². The molecule has 0 saturated heterocycles. The summed E-state index contributed by atoms with van der Waals surface area (Å²) >= 11 is 1.65. The highest BCUT2D eigenvalue weighted by atomic mass is 32.2. The Bertz CT molecular complexity index is 752. The number of sulfonamides is 1. The maximum absolute atomic E-state index is 11.3. The molecule has 1 aliphatic rings. The monoisotopic (exact) mass is 341 g/mol. The fourth-order valence-electron chi connectivity index (χ4n) is 2.70. The van der Waals surface area contributed by atoms with Gasteiger partial charge in [0.25, 0.3) is 0 Å². The van der Waals surface area contributed by atoms with Crippen LogP contribution in [-0.2, 0) is 23.1 Å². The minimum Gasteiger partial charge on any atom is -0.328 e. The van der Waals surface area contributed by atoms with Crippen molar-refractivity contribution >= 4 is 21.4 Å². The van der Waals surface area contributed by atoms with E-state index in [0.29, 0.717) is 6.54 Å². The molecule has 0 fully saturated rings. The van der Waals surface area contributed by atoms with Gasteiger partial charge in [0.05, 0.1) is 35.0 Å². The van der Waals surface area contributed by atoms with E-state index >= 15 is 0 Å². The molecule has 0 spiro atoms. The third-order valence-corrected chi connectivity index (χ3v) is 5.14. The van der Waals surface area contributed by atoms with Crippen molar-refractivity contribution in [3.05, 3.63) is 34.3 Å². The van der Waals surface area contributed by atoms with Gasteiger partial charge in [-0.25, -0.2) is 23.1 Å². The lowest BCUT2D eigenvalue weighted by Gasteiger charge is -2.34. The number of rotatable bonds is 5. The molecule has 0 saturated carbocycles. The molecule has 0 aliphatic carbocycles. The van der Waals surface area contributed by atoms with Crippen LogP contribution in [0.25, 0.3) is 0 Å². The van der Waals surface area contributed by atoms with E-state index in [4.69, 9.17) is 0 Å². The number of fused-ring (bicyclic) bond motifs is 1. The number of hydrogen-bond acceptors (Lipinski definition) is 6. The number of thiazole rings is 1. The number of aryl methyl sites for hydroxylation is 1. The maximum Gasteiger partial charge on any atom is 0.208 e. The molecule has 1 atom stereocenters. The first-order valence-electron chi connectivity index (χ1n) is 6.99. The Morgan fingerprint density at radius 1 is 1.50 bits per heavy atom. The van der Waals surface area contributed by atoms with Crippen LogP contribution in [0.4, 0.5) is 0 Å². The van der Waals surface area contributed by atoms with Crippen molar-refractivity contribution in [2.45, 2.75) is 26.1 Å². The van der Waals surface area contributed by atoms with Gasteiger partial charge in [-0.15, -0.1) is 11.3 Å². The third kappa shape index (κ3) is 3.72. The van der Waals surface area contributed by atoms with E-state index in [0.717, 1.165) is 36.0 Å². The van der Waals surface area contributed by atoms with Crippen LogP contribution >= 0.6 is 11.3 Å². The SMILES string of the molecule is Cc1nc(CN2Cc3cncn3[C@H](CNS(C)(=O)=O)C2)cs1. The molecule has 1 aliphatic heterocycles. The average Bonchev–Trinajstić information content (AvgIpc) is 3.04. The van der Waals surface area contributed by atoms with E-state index in [2.05, 4.69) is 29.5 Å². The van der Waals surface area contributed by atoms with Crippen molar-refractivity contribution in [3.63, 3.8) is 0 Å². The second-order valence-electron chi connectivity index (χ2n) is 5.59. The molecule has 22 heavy (non-hydrogen) atoms. The minimum absolute atomic E-state index is 0.0423. The smallest absolute Gasteiger partial charge is 0.208 e. The fourth-order valence-corrected chi connectivity index (χ4v) is 3.80. The first-order chi connectivity index (χ1) is 10.4. The Morgan fingerprint density at radius 3 is 3.00 bits per heavy atom. The highest BCUT2D eigenvalue weighted by Crippen LogP contribution is 2.22. The molecular weight excluding hydrogens is 322 g/mol. The molecule has 7 nitrogen and oxygen atoms in total. The first kappa shape index (κ1) is 15.6. The van der Waals surface area contributed by atoms with Crippen molar-refractivity contribution in [1.29, 1.82) is 0 Å². The molecule has 0 amide bonds. The summed E-state index contributed by atoms with van der Waals surface area (Å²) in [7, 11) is -3.20. The lowest BCUT2D eigenvalue weighted by molar-refractivity contribution is 0.176. The Labute approximate surface area is 134 Å². The van der Waals surface area contributed by atoms with Gasteiger partial charge in [-0.1, -0.05) is 0 Å². The Morgan fingerprint density at radius 2 is 2.32 bits per heavy atom.